The van der Waals surface area contributed by atoms with E-state index in [0.29, 0.717) is 18.5 Å². The van der Waals surface area contributed by atoms with Crippen molar-refractivity contribution in [2.24, 2.45) is 0 Å². The SMILES string of the molecule is C[C@@H](N[C@H]1CCN(C(=O)CCc2ccccc2)C1)c1cccs1. The molecule has 2 aromatic rings. The molecular weight excluding hydrogens is 304 g/mol. The van der Waals surface area contributed by atoms with E-state index in [0.717, 1.165) is 25.9 Å². The van der Waals surface area contributed by atoms with Crippen LogP contribution in [0, 0.1) is 0 Å². The van der Waals surface area contributed by atoms with E-state index in [9.17, 15) is 4.79 Å². The first kappa shape index (κ1) is 16.2. The number of likely N-dealkylation sites (tertiary alicyclic amines) is 1. The Balaban J connectivity index is 1.44. The number of hydrogen-bond acceptors (Lipinski definition) is 3. The first-order valence-corrected chi connectivity index (χ1v) is 9.21. The molecule has 1 amide bonds. The quantitative estimate of drug-likeness (QED) is 0.878. The molecule has 1 aromatic heterocycles. The highest BCUT2D eigenvalue weighted by Crippen LogP contribution is 2.21. The van der Waals surface area contributed by atoms with Crippen molar-refractivity contribution in [2.45, 2.75) is 38.3 Å². The lowest BCUT2D eigenvalue weighted by Gasteiger charge is -2.20. The second-order valence-corrected chi connectivity index (χ2v) is 7.19. The Kier molecular flexibility index (Phi) is 5.47. The van der Waals surface area contributed by atoms with Gasteiger partial charge in [0.15, 0.2) is 0 Å². The van der Waals surface area contributed by atoms with Crippen molar-refractivity contribution in [2.75, 3.05) is 13.1 Å². The Labute approximate surface area is 142 Å². The number of benzene rings is 1. The summed E-state index contributed by atoms with van der Waals surface area (Å²) in [5, 5.41) is 5.77. The summed E-state index contributed by atoms with van der Waals surface area (Å²) >= 11 is 1.78. The molecule has 3 nitrogen and oxygen atoms in total. The van der Waals surface area contributed by atoms with Crippen LogP contribution in [0.1, 0.15) is 36.2 Å². The zero-order valence-corrected chi connectivity index (χ0v) is 14.4. The summed E-state index contributed by atoms with van der Waals surface area (Å²) in [5.74, 6) is 0.280. The third-order valence-corrected chi connectivity index (χ3v) is 5.52. The van der Waals surface area contributed by atoms with Gasteiger partial charge in [-0.15, -0.1) is 11.3 Å². The smallest absolute Gasteiger partial charge is 0.222 e. The Morgan fingerprint density at radius 2 is 2.13 bits per heavy atom. The molecule has 2 heterocycles. The van der Waals surface area contributed by atoms with E-state index in [-0.39, 0.29) is 5.91 Å². The van der Waals surface area contributed by atoms with Crippen molar-refractivity contribution in [1.82, 2.24) is 10.2 Å². The summed E-state index contributed by atoms with van der Waals surface area (Å²) in [4.78, 5) is 15.8. The first-order valence-electron chi connectivity index (χ1n) is 8.33. The number of aryl methyl sites for hydroxylation is 1. The second-order valence-electron chi connectivity index (χ2n) is 6.21. The van der Waals surface area contributed by atoms with Crippen LogP contribution in [-0.4, -0.2) is 29.9 Å². The molecule has 1 fully saturated rings. The van der Waals surface area contributed by atoms with Crippen molar-refractivity contribution in [3.05, 3.63) is 58.3 Å². The number of carbonyl (C=O) groups excluding carboxylic acids is 1. The molecule has 1 aromatic carbocycles. The molecule has 122 valence electrons. The molecule has 3 rings (SSSR count). The number of rotatable bonds is 6. The lowest BCUT2D eigenvalue weighted by atomic mass is 10.1. The molecule has 0 bridgehead atoms. The lowest BCUT2D eigenvalue weighted by molar-refractivity contribution is -0.130. The fourth-order valence-corrected chi connectivity index (χ4v) is 3.89. The van der Waals surface area contributed by atoms with Gasteiger partial charge in [-0.25, -0.2) is 0 Å². The molecule has 0 aliphatic carbocycles. The fraction of sp³-hybridized carbons (Fsp3) is 0.421. The third kappa shape index (κ3) is 4.43. The van der Waals surface area contributed by atoms with E-state index in [2.05, 4.69) is 41.9 Å². The zero-order valence-electron chi connectivity index (χ0n) is 13.6. The van der Waals surface area contributed by atoms with E-state index in [1.165, 1.54) is 10.4 Å². The Morgan fingerprint density at radius 1 is 1.30 bits per heavy atom. The van der Waals surface area contributed by atoms with Crippen LogP contribution in [0.4, 0.5) is 0 Å². The van der Waals surface area contributed by atoms with Gasteiger partial charge in [0.2, 0.25) is 5.91 Å². The van der Waals surface area contributed by atoms with Crippen LogP contribution in [0.5, 0.6) is 0 Å². The normalized spacial score (nSPS) is 19.0. The topological polar surface area (TPSA) is 32.3 Å². The zero-order chi connectivity index (χ0) is 16.1. The average Bonchev–Trinajstić information content (AvgIpc) is 3.25. The first-order chi connectivity index (χ1) is 11.2. The number of hydrogen-bond donors (Lipinski definition) is 1. The Bertz CT molecular complexity index is 612. The summed E-state index contributed by atoms with van der Waals surface area (Å²) in [6, 6.07) is 15.3. The molecule has 0 saturated carbocycles. The van der Waals surface area contributed by atoms with Crippen LogP contribution in [0.3, 0.4) is 0 Å². The van der Waals surface area contributed by atoms with Gasteiger partial charge < -0.3 is 10.2 Å². The monoisotopic (exact) mass is 328 g/mol. The molecule has 4 heteroatoms. The molecular formula is C19H24N2OS. The number of carbonyl (C=O) groups is 1. The highest BCUT2D eigenvalue weighted by atomic mass is 32.1. The van der Waals surface area contributed by atoms with Gasteiger partial charge >= 0.3 is 0 Å². The summed E-state index contributed by atoms with van der Waals surface area (Å²) in [6.07, 6.45) is 2.49. The molecule has 1 N–H and O–H groups in total. The highest BCUT2D eigenvalue weighted by molar-refractivity contribution is 7.10. The van der Waals surface area contributed by atoms with Crippen LogP contribution in [0.2, 0.25) is 0 Å². The van der Waals surface area contributed by atoms with Crippen LogP contribution in [-0.2, 0) is 11.2 Å². The molecule has 0 unspecified atom stereocenters. The fourth-order valence-electron chi connectivity index (χ4n) is 3.15. The van der Waals surface area contributed by atoms with E-state index in [4.69, 9.17) is 0 Å². The Morgan fingerprint density at radius 3 is 2.87 bits per heavy atom. The molecule has 2 atom stereocenters. The van der Waals surface area contributed by atoms with E-state index >= 15 is 0 Å². The predicted molar refractivity (Wildman–Crippen MR) is 95.6 cm³/mol. The average molecular weight is 328 g/mol. The van der Waals surface area contributed by atoms with Gasteiger partial charge in [0.1, 0.15) is 0 Å². The van der Waals surface area contributed by atoms with Gasteiger partial charge in [0, 0.05) is 36.5 Å². The maximum Gasteiger partial charge on any atom is 0.222 e. The summed E-state index contributed by atoms with van der Waals surface area (Å²) in [5.41, 5.74) is 1.24. The maximum atomic E-state index is 12.4. The molecule has 1 saturated heterocycles. The lowest BCUT2D eigenvalue weighted by Crippen LogP contribution is -2.36. The van der Waals surface area contributed by atoms with Crippen LogP contribution in [0.15, 0.2) is 47.8 Å². The Hall–Kier alpha value is -1.65. The van der Waals surface area contributed by atoms with Crippen LogP contribution >= 0.6 is 11.3 Å². The number of thiophene rings is 1. The van der Waals surface area contributed by atoms with E-state index in [1.807, 2.05) is 23.1 Å². The van der Waals surface area contributed by atoms with Crippen molar-refractivity contribution >= 4 is 17.2 Å². The maximum absolute atomic E-state index is 12.4. The minimum Gasteiger partial charge on any atom is -0.341 e. The largest absolute Gasteiger partial charge is 0.341 e. The van der Waals surface area contributed by atoms with Crippen molar-refractivity contribution in [3.63, 3.8) is 0 Å². The van der Waals surface area contributed by atoms with Gasteiger partial charge in [0.25, 0.3) is 0 Å². The van der Waals surface area contributed by atoms with Crippen molar-refractivity contribution in [1.29, 1.82) is 0 Å². The number of nitrogens with one attached hydrogen (secondary N) is 1. The molecule has 0 radical (unpaired) electrons. The van der Waals surface area contributed by atoms with Gasteiger partial charge in [0.05, 0.1) is 0 Å². The van der Waals surface area contributed by atoms with E-state index in [1.54, 1.807) is 11.3 Å². The van der Waals surface area contributed by atoms with Gasteiger partial charge in [-0.1, -0.05) is 36.4 Å². The van der Waals surface area contributed by atoms with E-state index < -0.39 is 0 Å². The summed E-state index contributed by atoms with van der Waals surface area (Å²) in [7, 11) is 0. The van der Waals surface area contributed by atoms with Gasteiger partial charge in [-0.2, -0.15) is 0 Å². The highest BCUT2D eigenvalue weighted by Gasteiger charge is 2.27. The number of amides is 1. The molecule has 1 aliphatic heterocycles. The second kappa shape index (κ2) is 7.75. The van der Waals surface area contributed by atoms with Crippen LogP contribution in [0.25, 0.3) is 0 Å². The molecule has 0 spiro atoms. The predicted octanol–water partition coefficient (Wildman–Crippen LogP) is 3.63. The standard InChI is InChI=1S/C19H24N2OS/c1-15(18-8-5-13-23-18)20-17-11-12-21(14-17)19(22)10-9-16-6-3-2-4-7-16/h2-8,13,15,17,20H,9-12,14H2,1H3/t15-,17+/m1/s1. The number of nitrogens with zero attached hydrogens (tertiary/aromatic N) is 1. The van der Waals surface area contributed by atoms with Gasteiger partial charge in [-0.05, 0) is 36.8 Å². The minimum absolute atomic E-state index is 0.280. The summed E-state index contributed by atoms with van der Waals surface area (Å²) < 4.78 is 0. The summed E-state index contributed by atoms with van der Waals surface area (Å²) in [6.45, 7) is 3.91. The van der Waals surface area contributed by atoms with Crippen LogP contribution < -0.4 is 5.32 Å². The van der Waals surface area contributed by atoms with Gasteiger partial charge in [-0.3, -0.25) is 4.79 Å². The van der Waals surface area contributed by atoms with Crippen molar-refractivity contribution < 1.29 is 4.79 Å². The van der Waals surface area contributed by atoms with Crippen molar-refractivity contribution in [3.8, 4) is 0 Å². The molecule has 1 aliphatic rings. The third-order valence-electron chi connectivity index (χ3n) is 4.47. The minimum atomic E-state index is 0.280. The molecule has 23 heavy (non-hydrogen) atoms.